The molecule has 0 aliphatic carbocycles. The summed E-state index contributed by atoms with van der Waals surface area (Å²) in [5.41, 5.74) is 0. The Hall–Kier alpha value is -1.00. The molecule has 2 rings (SSSR count). The SMILES string of the molecule is CSC(C)CNc1nnc(Cl)c2ccccc12. The second-order valence-corrected chi connectivity index (χ2v) is 5.45. The first-order valence-corrected chi connectivity index (χ1v) is 7.06. The Balaban J connectivity index is 2.32. The van der Waals surface area contributed by atoms with E-state index in [0.29, 0.717) is 10.4 Å². The van der Waals surface area contributed by atoms with E-state index in [1.807, 2.05) is 36.0 Å². The lowest BCUT2D eigenvalue weighted by Gasteiger charge is -2.11. The van der Waals surface area contributed by atoms with Crippen molar-refractivity contribution in [3.63, 3.8) is 0 Å². The van der Waals surface area contributed by atoms with Crippen LogP contribution in [0, 0.1) is 0 Å². The molecule has 3 nitrogen and oxygen atoms in total. The summed E-state index contributed by atoms with van der Waals surface area (Å²) in [5, 5.41) is 14.3. The maximum Gasteiger partial charge on any atom is 0.159 e. The van der Waals surface area contributed by atoms with E-state index in [1.165, 1.54) is 0 Å². The fourth-order valence-electron chi connectivity index (χ4n) is 1.53. The maximum absolute atomic E-state index is 6.01. The molecule has 1 aromatic heterocycles. The third-order valence-electron chi connectivity index (χ3n) is 2.60. The van der Waals surface area contributed by atoms with Crippen LogP contribution in [-0.2, 0) is 0 Å². The van der Waals surface area contributed by atoms with Gasteiger partial charge in [-0.15, -0.1) is 10.2 Å². The topological polar surface area (TPSA) is 37.8 Å². The Labute approximate surface area is 110 Å². The van der Waals surface area contributed by atoms with Crippen molar-refractivity contribution < 1.29 is 0 Å². The molecule has 90 valence electrons. The van der Waals surface area contributed by atoms with E-state index in [9.17, 15) is 0 Å². The highest BCUT2D eigenvalue weighted by Gasteiger charge is 2.07. The van der Waals surface area contributed by atoms with E-state index in [-0.39, 0.29) is 0 Å². The Morgan fingerprint density at radius 1 is 1.29 bits per heavy atom. The van der Waals surface area contributed by atoms with Gasteiger partial charge in [0, 0.05) is 22.6 Å². The van der Waals surface area contributed by atoms with Crippen molar-refractivity contribution in [3.8, 4) is 0 Å². The molecule has 1 heterocycles. The van der Waals surface area contributed by atoms with Gasteiger partial charge in [0.2, 0.25) is 0 Å². The highest BCUT2D eigenvalue weighted by atomic mass is 35.5. The van der Waals surface area contributed by atoms with Crippen LogP contribution in [0.15, 0.2) is 24.3 Å². The van der Waals surface area contributed by atoms with Crippen molar-refractivity contribution in [1.29, 1.82) is 0 Å². The van der Waals surface area contributed by atoms with E-state index in [2.05, 4.69) is 28.7 Å². The molecule has 0 amide bonds. The number of thioether (sulfide) groups is 1. The van der Waals surface area contributed by atoms with Gasteiger partial charge in [0.05, 0.1) is 0 Å². The van der Waals surface area contributed by atoms with E-state index in [1.54, 1.807) is 0 Å². The van der Waals surface area contributed by atoms with E-state index in [0.717, 1.165) is 23.1 Å². The summed E-state index contributed by atoms with van der Waals surface area (Å²) in [6.45, 7) is 3.03. The fourth-order valence-corrected chi connectivity index (χ4v) is 1.98. The van der Waals surface area contributed by atoms with Gasteiger partial charge in [-0.2, -0.15) is 11.8 Å². The van der Waals surface area contributed by atoms with Gasteiger partial charge in [0.15, 0.2) is 11.0 Å². The normalized spacial score (nSPS) is 12.6. The predicted molar refractivity (Wildman–Crippen MR) is 76.0 cm³/mol. The number of hydrogen-bond donors (Lipinski definition) is 1. The Morgan fingerprint density at radius 3 is 2.71 bits per heavy atom. The lowest BCUT2D eigenvalue weighted by atomic mass is 10.2. The minimum atomic E-state index is 0.448. The second kappa shape index (κ2) is 5.56. The van der Waals surface area contributed by atoms with Gasteiger partial charge in [-0.3, -0.25) is 0 Å². The molecule has 0 aliphatic rings. The van der Waals surface area contributed by atoms with E-state index in [4.69, 9.17) is 11.6 Å². The van der Waals surface area contributed by atoms with Crippen LogP contribution in [0.4, 0.5) is 5.82 Å². The standard InChI is InChI=1S/C12H14ClN3S/c1-8(17-2)7-14-12-10-6-4-3-5-9(10)11(13)15-16-12/h3-6,8H,7H2,1-2H3,(H,14,16). The minimum absolute atomic E-state index is 0.448. The number of hydrogen-bond acceptors (Lipinski definition) is 4. The number of nitrogens with one attached hydrogen (secondary N) is 1. The zero-order valence-electron chi connectivity index (χ0n) is 9.77. The molecular formula is C12H14ClN3S. The molecular weight excluding hydrogens is 254 g/mol. The van der Waals surface area contributed by atoms with Gasteiger partial charge >= 0.3 is 0 Å². The number of nitrogens with zero attached hydrogens (tertiary/aromatic N) is 2. The Morgan fingerprint density at radius 2 is 2.00 bits per heavy atom. The zero-order valence-corrected chi connectivity index (χ0v) is 11.3. The summed E-state index contributed by atoms with van der Waals surface area (Å²) in [7, 11) is 0. The third-order valence-corrected chi connectivity index (χ3v) is 3.85. The lowest BCUT2D eigenvalue weighted by Crippen LogP contribution is -2.14. The molecule has 2 aromatic rings. The van der Waals surface area contributed by atoms with Crippen LogP contribution in [0.3, 0.4) is 0 Å². The molecule has 0 aliphatic heterocycles. The summed E-state index contributed by atoms with van der Waals surface area (Å²) in [6, 6.07) is 7.88. The zero-order chi connectivity index (χ0) is 12.3. The van der Waals surface area contributed by atoms with Gasteiger partial charge in [0.1, 0.15) is 0 Å². The van der Waals surface area contributed by atoms with Crippen LogP contribution in [0.2, 0.25) is 5.15 Å². The van der Waals surface area contributed by atoms with Gasteiger partial charge < -0.3 is 5.32 Å². The highest BCUT2D eigenvalue weighted by Crippen LogP contribution is 2.25. The second-order valence-electron chi connectivity index (χ2n) is 3.81. The molecule has 1 aromatic carbocycles. The van der Waals surface area contributed by atoms with Gasteiger partial charge in [-0.05, 0) is 6.26 Å². The van der Waals surface area contributed by atoms with Crippen molar-refractivity contribution in [2.45, 2.75) is 12.2 Å². The molecule has 0 saturated heterocycles. The van der Waals surface area contributed by atoms with E-state index >= 15 is 0 Å². The number of anilines is 1. The third kappa shape index (κ3) is 2.82. The molecule has 1 atom stereocenters. The van der Waals surface area contributed by atoms with Gasteiger partial charge in [-0.25, -0.2) is 0 Å². The maximum atomic E-state index is 6.01. The largest absolute Gasteiger partial charge is 0.367 e. The number of benzene rings is 1. The van der Waals surface area contributed by atoms with E-state index < -0.39 is 0 Å². The Bertz CT molecular complexity index is 518. The summed E-state index contributed by atoms with van der Waals surface area (Å²) in [6.07, 6.45) is 2.10. The van der Waals surface area contributed by atoms with Crippen LogP contribution >= 0.6 is 23.4 Å². The molecule has 1 N–H and O–H groups in total. The summed E-state index contributed by atoms with van der Waals surface area (Å²) >= 11 is 7.83. The Kier molecular flexibility index (Phi) is 4.07. The van der Waals surface area contributed by atoms with Crippen molar-refractivity contribution in [3.05, 3.63) is 29.4 Å². The van der Waals surface area contributed by atoms with Crippen LogP contribution < -0.4 is 5.32 Å². The smallest absolute Gasteiger partial charge is 0.159 e. The van der Waals surface area contributed by atoms with Crippen LogP contribution in [0.1, 0.15) is 6.92 Å². The average Bonchev–Trinajstić information content (AvgIpc) is 2.38. The van der Waals surface area contributed by atoms with Crippen molar-refractivity contribution in [1.82, 2.24) is 10.2 Å². The van der Waals surface area contributed by atoms with Crippen LogP contribution in [0.25, 0.3) is 10.8 Å². The molecule has 0 saturated carbocycles. The summed E-state index contributed by atoms with van der Waals surface area (Å²) < 4.78 is 0. The molecule has 0 bridgehead atoms. The van der Waals surface area contributed by atoms with Crippen molar-refractivity contribution in [2.24, 2.45) is 0 Å². The molecule has 1 unspecified atom stereocenters. The summed E-state index contributed by atoms with van der Waals surface area (Å²) in [4.78, 5) is 0. The molecule has 5 heteroatoms. The van der Waals surface area contributed by atoms with Crippen molar-refractivity contribution >= 4 is 40.0 Å². The summed E-state index contributed by atoms with van der Waals surface area (Å²) in [5.74, 6) is 0.797. The van der Waals surface area contributed by atoms with Crippen molar-refractivity contribution in [2.75, 3.05) is 18.1 Å². The lowest BCUT2D eigenvalue weighted by molar-refractivity contribution is 0.968. The monoisotopic (exact) mass is 267 g/mol. The van der Waals surface area contributed by atoms with Crippen LogP contribution in [0.5, 0.6) is 0 Å². The minimum Gasteiger partial charge on any atom is -0.367 e. The number of aromatic nitrogens is 2. The predicted octanol–water partition coefficient (Wildman–Crippen LogP) is 3.45. The first-order chi connectivity index (χ1) is 8.22. The first-order valence-electron chi connectivity index (χ1n) is 5.40. The first kappa shape index (κ1) is 12.5. The number of rotatable bonds is 4. The van der Waals surface area contributed by atoms with Crippen LogP contribution in [-0.4, -0.2) is 28.2 Å². The quantitative estimate of drug-likeness (QED) is 0.921. The molecule has 0 spiro atoms. The molecule has 0 radical (unpaired) electrons. The molecule has 17 heavy (non-hydrogen) atoms. The highest BCUT2D eigenvalue weighted by molar-refractivity contribution is 7.99. The van der Waals surface area contributed by atoms with Gasteiger partial charge in [-0.1, -0.05) is 42.8 Å². The fraction of sp³-hybridized carbons (Fsp3) is 0.333. The number of halogens is 1. The molecule has 0 fully saturated rings. The number of fused-ring (bicyclic) bond motifs is 1. The van der Waals surface area contributed by atoms with Gasteiger partial charge in [0.25, 0.3) is 0 Å². The average molecular weight is 268 g/mol.